The molecular formula is C30H30ClN3O6S. The van der Waals surface area contributed by atoms with E-state index in [0.717, 1.165) is 5.56 Å². The van der Waals surface area contributed by atoms with Crippen molar-refractivity contribution in [3.63, 3.8) is 0 Å². The lowest BCUT2D eigenvalue weighted by Gasteiger charge is -2.24. The van der Waals surface area contributed by atoms with E-state index in [-0.39, 0.29) is 30.0 Å². The van der Waals surface area contributed by atoms with Gasteiger partial charge in [0.1, 0.15) is 6.04 Å². The number of carbonyl (C=O) groups excluding carboxylic acids is 3. The number of benzene rings is 3. The van der Waals surface area contributed by atoms with Crippen LogP contribution in [0.5, 0.6) is 11.5 Å². The van der Waals surface area contributed by atoms with Crippen LogP contribution in [0.2, 0.25) is 5.02 Å². The summed E-state index contributed by atoms with van der Waals surface area (Å²) in [5.74, 6) is 0.0637. The van der Waals surface area contributed by atoms with Gasteiger partial charge in [-0.1, -0.05) is 23.7 Å². The highest BCUT2D eigenvalue weighted by Crippen LogP contribution is 2.31. The number of halogens is 1. The number of amides is 2. The van der Waals surface area contributed by atoms with Crippen molar-refractivity contribution in [2.75, 3.05) is 37.6 Å². The minimum Gasteiger partial charge on any atom is -0.493 e. The molecule has 0 aliphatic carbocycles. The summed E-state index contributed by atoms with van der Waals surface area (Å²) in [5, 5.41) is 3.55. The third-order valence-corrected chi connectivity index (χ3v) is 7.19. The summed E-state index contributed by atoms with van der Waals surface area (Å²) in [6, 6.07) is 18.0. The molecule has 0 saturated carbocycles. The smallest absolute Gasteiger partial charge is 0.338 e. The zero-order valence-corrected chi connectivity index (χ0v) is 24.5. The monoisotopic (exact) mass is 595 g/mol. The van der Waals surface area contributed by atoms with Crippen molar-refractivity contribution in [2.45, 2.75) is 25.8 Å². The number of carbonyl (C=O) groups is 3. The molecule has 1 aliphatic heterocycles. The Kier molecular flexibility index (Phi) is 9.80. The Labute approximate surface area is 248 Å². The molecule has 1 heterocycles. The molecule has 0 radical (unpaired) electrons. The van der Waals surface area contributed by atoms with Crippen LogP contribution in [0.25, 0.3) is 0 Å². The van der Waals surface area contributed by atoms with Gasteiger partial charge < -0.3 is 24.4 Å². The van der Waals surface area contributed by atoms with Gasteiger partial charge in [-0.15, -0.1) is 0 Å². The largest absolute Gasteiger partial charge is 0.493 e. The van der Waals surface area contributed by atoms with Crippen LogP contribution < -0.4 is 19.7 Å². The summed E-state index contributed by atoms with van der Waals surface area (Å²) in [6.45, 7) is 2.37. The first kappa shape index (κ1) is 29.8. The Morgan fingerprint density at radius 3 is 2.39 bits per heavy atom. The average Bonchev–Trinajstić information content (AvgIpc) is 3.19. The molecule has 1 unspecified atom stereocenters. The van der Waals surface area contributed by atoms with E-state index < -0.39 is 12.0 Å². The molecule has 1 fully saturated rings. The molecule has 11 heteroatoms. The standard InChI is InChI=1S/C30H30ClN3O6S/c1-4-40-29(37)20-9-11-22(12-10-20)32-27(35)18-24-28(36)34(23-7-5-6-21(31)17-23)30(41)33(24)15-14-19-8-13-25(38-2)26(16-19)39-3/h5-13,16-17,24H,4,14-15,18H2,1-3H3,(H,32,35). The van der Waals surface area contributed by atoms with Gasteiger partial charge in [0, 0.05) is 17.3 Å². The number of anilines is 2. The van der Waals surface area contributed by atoms with E-state index in [9.17, 15) is 14.4 Å². The first-order valence-electron chi connectivity index (χ1n) is 12.9. The van der Waals surface area contributed by atoms with Crippen LogP contribution in [0.1, 0.15) is 29.3 Å². The van der Waals surface area contributed by atoms with Gasteiger partial charge in [0.2, 0.25) is 5.91 Å². The maximum atomic E-state index is 13.7. The predicted octanol–water partition coefficient (Wildman–Crippen LogP) is 5.11. The lowest BCUT2D eigenvalue weighted by molar-refractivity contribution is -0.124. The predicted molar refractivity (Wildman–Crippen MR) is 161 cm³/mol. The number of nitrogens with one attached hydrogen (secondary N) is 1. The number of thiocarbonyl (C=S) groups is 1. The van der Waals surface area contributed by atoms with Gasteiger partial charge in [-0.2, -0.15) is 0 Å². The summed E-state index contributed by atoms with van der Waals surface area (Å²) in [6.07, 6.45) is 0.395. The summed E-state index contributed by atoms with van der Waals surface area (Å²) in [5.41, 5.74) is 2.34. The fourth-order valence-electron chi connectivity index (χ4n) is 4.52. The maximum absolute atomic E-state index is 13.7. The summed E-state index contributed by atoms with van der Waals surface area (Å²) in [4.78, 5) is 41.9. The lowest BCUT2D eigenvalue weighted by atomic mass is 10.1. The second kappa shape index (κ2) is 13.5. The van der Waals surface area contributed by atoms with Crippen molar-refractivity contribution in [1.82, 2.24) is 4.90 Å². The Balaban J connectivity index is 1.53. The van der Waals surface area contributed by atoms with Crippen molar-refractivity contribution in [1.29, 1.82) is 0 Å². The van der Waals surface area contributed by atoms with Crippen molar-refractivity contribution < 1.29 is 28.6 Å². The van der Waals surface area contributed by atoms with Gasteiger partial charge in [0.05, 0.1) is 38.5 Å². The molecule has 1 saturated heterocycles. The Morgan fingerprint density at radius 2 is 1.73 bits per heavy atom. The van der Waals surface area contributed by atoms with Crippen molar-refractivity contribution in [3.05, 3.63) is 82.9 Å². The Morgan fingerprint density at radius 1 is 1.00 bits per heavy atom. The molecule has 0 aromatic heterocycles. The van der Waals surface area contributed by atoms with Crippen LogP contribution in [0.15, 0.2) is 66.7 Å². The molecule has 1 atom stereocenters. The SMILES string of the molecule is CCOC(=O)c1ccc(NC(=O)CC2C(=O)N(c3cccc(Cl)c3)C(=S)N2CCc2ccc(OC)c(OC)c2)cc1. The van der Waals surface area contributed by atoms with E-state index in [1.807, 2.05) is 18.2 Å². The lowest BCUT2D eigenvalue weighted by Crippen LogP contribution is -2.39. The first-order chi connectivity index (χ1) is 19.7. The van der Waals surface area contributed by atoms with E-state index in [1.54, 1.807) is 74.6 Å². The van der Waals surface area contributed by atoms with Crippen LogP contribution >= 0.6 is 23.8 Å². The number of methoxy groups -OCH3 is 2. The summed E-state index contributed by atoms with van der Waals surface area (Å²) in [7, 11) is 3.14. The topological polar surface area (TPSA) is 97.4 Å². The van der Waals surface area contributed by atoms with Crippen LogP contribution in [-0.4, -0.2) is 61.2 Å². The normalized spacial score (nSPS) is 14.7. The van der Waals surface area contributed by atoms with Gasteiger partial charge >= 0.3 is 5.97 Å². The number of rotatable bonds is 11. The zero-order chi connectivity index (χ0) is 29.5. The molecule has 3 aromatic carbocycles. The molecule has 3 aromatic rings. The molecule has 214 valence electrons. The van der Waals surface area contributed by atoms with Crippen molar-refractivity contribution in [2.24, 2.45) is 0 Å². The van der Waals surface area contributed by atoms with E-state index in [2.05, 4.69) is 5.32 Å². The fraction of sp³-hybridized carbons (Fsp3) is 0.267. The van der Waals surface area contributed by atoms with Crippen molar-refractivity contribution >= 4 is 58.1 Å². The quantitative estimate of drug-likeness (QED) is 0.241. The zero-order valence-electron chi connectivity index (χ0n) is 22.9. The van der Waals surface area contributed by atoms with E-state index in [1.165, 1.54) is 4.90 Å². The molecule has 1 N–H and O–H groups in total. The Bertz CT molecular complexity index is 1450. The molecule has 0 bridgehead atoms. The molecule has 0 spiro atoms. The maximum Gasteiger partial charge on any atom is 0.338 e. The number of hydrogen-bond donors (Lipinski definition) is 1. The van der Waals surface area contributed by atoms with Crippen LogP contribution in [0, 0.1) is 0 Å². The van der Waals surface area contributed by atoms with Gasteiger partial charge in [0.25, 0.3) is 5.91 Å². The number of ether oxygens (including phenoxy) is 3. The van der Waals surface area contributed by atoms with Gasteiger partial charge in [-0.05, 0) is 85.7 Å². The van der Waals surface area contributed by atoms with Crippen molar-refractivity contribution in [3.8, 4) is 11.5 Å². The molecule has 2 amide bonds. The average molecular weight is 596 g/mol. The number of nitrogens with zero attached hydrogens (tertiary/aromatic N) is 2. The van der Waals surface area contributed by atoms with E-state index >= 15 is 0 Å². The molecule has 9 nitrogen and oxygen atoms in total. The number of esters is 1. The summed E-state index contributed by atoms with van der Waals surface area (Å²) >= 11 is 12.0. The Hall–Kier alpha value is -4.15. The molecule has 41 heavy (non-hydrogen) atoms. The minimum absolute atomic E-state index is 0.137. The van der Waals surface area contributed by atoms with E-state index in [0.29, 0.717) is 46.4 Å². The number of hydrogen-bond acceptors (Lipinski definition) is 7. The first-order valence-corrected chi connectivity index (χ1v) is 13.7. The molecular weight excluding hydrogens is 566 g/mol. The highest BCUT2D eigenvalue weighted by atomic mass is 35.5. The fourth-order valence-corrected chi connectivity index (χ4v) is 5.12. The van der Waals surface area contributed by atoms with E-state index in [4.69, 9.17) is 38.0 Å². The second-order valence-electron chi connectivity index (χ2n) is 9.13. The van der Waals surface area contributed by atoms with Gasteiger partial charge in [-0.25, -0.2) is 4.79 Å². The highest BCUT2D eigenvalue weighted by molar-refractivity contribution is 7.80. The third-order valence-electron chi connectivity index (χ3n) is 6.53. The second-order valence-corrected chi connectivity index (χ2v) is 9.94. The molecule has 4 rings (SSSR count). The van der Waals surface area contributed by atoms with Crippen LogP contribution in [0.4, 0.5) is 11.4 Å². The van der Waals surface area contributed by atoms with Gasteiger partial charge in [0.15, 0.2) is 16.6 Å². The highest BCUT2D eigenvalue weighted by Gasteiger charge is 2.44. The third kappa shape index (κ3) is 6.96. The van der Waals surface area contributed by atoms with Crippen LogP contribution in [-0.2, 0) is 20.7 Å². The van der Waals surface area contributed by atoms with Crippen LogP contribution in [0.3, 0.4) is 0 Å². The van der Waals surface area contributed by atoms with Gasteiger partial charge in [-0.3, -0.25) is 14.5 Å². The molecule has 1 aliphatic rings. The summed E-state index contributed by atoms with van der Waals surface area (Å²) < 4.78 is 15.7. The minimum atomic E-state index is -0.833.